The fourth-order valence-corrected chi connectivity index (χ4v) is 1.06. The third kappa shape index (κ3) is 1.51. The minimum atomic E-state index is -0.418. The van der Waals surface area contributed by atoms with Gasteiger partial charge in [0.05, 0.1) is 12.3 Å². The van der Waals surface area contributed by atoms with Crippen LogP contribution in [0, 0.1) is 6.92 Å². The highest BCUT2D eigenvalue weighted by atomic mass is 16.4. The van der Waals surface area contributed by atoms with Crippen molar-refractivity contribution in [2.75, 3.05) is 0 Å². The van der Waals surface area contributed by atoms with E-state index in [0.29, 0.717) is 17.3 Å². The summed E-state index contributed by atoms with van der Waals surface area (Å²) in [5.74, 6) is 0.898. The molecule has 2 aromatic rings. The van der Waals surface area contributed by atoms with E-state index < -0.39 is 5.63 Å². The van der Waals surface area contributed by atoms with Crippen molar-refractivity contribution < 1.29 is 8.83 Å². The zero-order valence-electron chi connectivity index (χ0n) is 6.98. The molecule has 4 nitrogen and oxygen atoms in total. The molecular formula is C9H7NO3. The van der Waals surface area contributed by atoms with E-state index in [4.69, 9.17) is 8.83 Å². The fraction of sp³-hybridized carbons (Fsp3) is 0.111. The number of nitrogens with zero attached hydrogens (tertiary/aromatic N) is 1. The second kappa shape index (κ2) is 2.90. The smallest absolute Gasteiger partial charge is 0.339 e. The maximum absolute atomic E-state index is 11.0. The highest BCUT2D eigenvalue weighted by molar-refractivity contribution is 5.50. The van der Waals surface area contributed by atoms with Crippen LogP contribution >= 0.6 is 0 Å². The summed E-state index contributed by atoms with van der Waals surface area (Å²) in [7, 11) is 0. The Balaban J connectivity index is 2.59. The largest absolute Gasteiger partial charge is 0.463 e. The van der Waals surface area contributed by atoms with Gasteiger partial charge in [-0.2, -0.15) is 0 Å². The lowest BCUT2D eigenvalue weighted by Gasteiger charge is -1.94. The van der Waals surface area contributed by atoms with Gasteiger partial charge in [-0.05, 0) is 12.1 Å². The molecule has 4 heteroatoms. The summed E-state index contributed by atoms with van der Waals surface area (Å²) in [6.07, 6.45) is 1.53. The molecule has 13 heavy (non-hydrogen) atoms. The molecule has 0 atom stereocenters. The highest BCUT2D eigenvalue weighted by Crippen LogP contribution is 2.15. The third-order valence-corrected chi connectivity index (χ3v) is 1.55. The van der Waals surface area contributed by atoms with Gasteiger partial charge >= 0.3 is 5.63 Å². The number of aromatic nitrogens is 1. The molecule has 0 unspecified atom stereocenters. The van der Waals surface area contributed by atoms with Crippen LogP contribution in [0.4, 0.5) is 0 Å². The monoisotopic (exact) mass is 177 g/mol. The predicted octanol–water partition coefficient (Wildman–Crippen LogP) is 1.60. The first-order valence-corrected chi connectivity index (χ1v) is 3.78. The Morgan fingerprint density at radius 1 is 1.46 bits per heavy atom. The van der Waals surface area contributed by atoms with Crippen molar-refractivity contribution in [2.24, 2.45) is 0 Å². The van der Waals surface area contributed by atoms with Crippen LogP contribution in [0.15, 0.2) is 38.1 Å². The van der Waals surface area contributed by atoms with Crippen molar-refractivity contribution in [3.63, 3.8) is 0 Å². The van der Waals surface area contributed by atoms with E-state index in [-0.39, 0.29) is 0 Å². The van der Waals surface area contributed by atoms with Crippen LogP contribution in [0.25, 0.3) is 11.5 Å². The van der Waals surface area contributed by atoms with Crippen LogP contribution in [0.1, 0.15) is 5.89 Å². The number of furan rings is 1. The van der Waals surface area contributed by atoms with Crippen molar-refractivity contribution in [1.82, 2.24) is 4.98 Å². The average molecular weight is 177 g/mol. The van der Waals surface area contributed by atoms with Gasteiger partial charge in [-0.25, -0.2) is 9.78 Å². The van der Waals surface area contributed by atoms with E-state index in [9.17, 15) is 4.79 Å². The molecule has 0 amide bonds. The van der Waals surface area contributed by atoms with E-state index in [1.807, 2.05) is 0 Å². The SMILES string of the molecule is Cc1nc(-c2ccco2)cc(=O)o1. The Morgan fingerprint density at radius 2 is 2.31 bits per heavy atom. The second-order valence-electron chi connectivity index (χ2n) is 2.56. The Morgan fingerprint density at radius 3 is 2.92 bits per heavy atom. The maximum atomic E-state index is 11.0. The summed E-state index contributed by atoms with van der Waals surface area (Å²) in [5, 5.41) is 0. The normalized spacial score (nSPS) is 10.2. The summed E-state index contributed by atoms with van der Waals surface area (Å²) in [6, 6.07) is 4.77. The molecule has 0 bridgehead atoms. The van der Waals surface area contributed by atoms with Crippen LogP contribution in [0.5, 0.6) is 0 Å². The minimum absolute atomic E-state index is 0.332. The van der Waals surface area contributed by atoms with Gasteiger partial charge in [-0.3, -0.25) is 0 Å². The standard InChI is InChI=1S/C9H7NO3/c1-6-10-7(5-9(11)13-6)8-3-2-4-12-8/h2-5H,1H3. The van der Waals surface area contributed by atoms with Crippen LogP contribution < -0.4 is 5.63 Å². The van der Waals surface area contributed by atoms with Crippen LogP contribution in [0.3, 0.4) is 0 Å². The molecule has 0 aliphatic heterocycles. The minimum Gasteiger partial charge on any atom is -0.463 e. The van der Waals surface area contributed by atoms with Gasteiger partial charge in [0.2, 0.25) is 0 Å². The Bertz CT molecular complexity index is 456. The summed E-state index contributed by atoms with van der Waals surface area (Å²) < 4.78 is 9.79. The molecule has 0 aliphatic rings. The first-order valence-electron chi connectivity index (χ1n) is 3.78. The lowest BCUT2D eigenvalue weighted by atomic mass is 10.3. The van der Waals surface area contributed by atoms with E-state index in [1.54, 1.807) is 19.1 Å². The summed E-state index contributed by atoms with van der Waals surface area (Å²) >= 11 is 0. The topological polar surface area (TPSA) is 56.2 Å². The van der Waals surface area contributed by atoms with Crippen molar-refractivity contribution in [2.45, 2.75) is 6.92 Å². The Labute approximate surface area is 73.8 Å². The quantitative estimate of drug-likeness (QED) is 0.663. The van der Waals surface area contributed by atoms with E-state index in [0.717, 1.165) is 0 Å². The molecule has 0 N–H and O–H groups in total. The molecule has 0 saturated carbocycles. The molecule has 0 spiro atoms. The van der Waals surface area contributed by atoms with Crippen molar-refractivity contribution in [3.05, 3.63) is 40.8 Å². The van der Waals surface area contributed by atoms with Gasteiger partial charge in [0.15, 0.2) is 11.7 Å². The Kier molecular flexibility index (Phi) is 1.73. The van der Waals surface area contributed by atoms with Gasteiger partial charge in [0.25, 0.3) is 0 Å². The van der Waals surface area contributed by atoms with E-state index in [1.165, 1.54) is 12.3 Å². The van der Waals surface area contributed by atoms with E-state index >= 15 is 0 Å². The average Bonchev–Trinajstić information content (AvgIpc) is 2.53. The predicted molar refractivity (Wildman–Crippen MR) is 45.2 cm³/mol. The molecule has 2 aromatic heterocycles. The summed E-state index contributed by atoms with van der Waals surface area (Å²) in [5.41, 5.74) is 0.0812. The first-order chi connectivity index (χ1) is 6.25. The second-order valence-corrected chi connectivity index (χ2v) is 2.56. The summed E-state index contributed by atoms with van der Waals surface area (Å²) in [6.45, 7) is 1.62. The molecule has 0 aromatic carbocycles. The molecule has 2 rings (SSSR count). The zero-order valence-corrected chi connectivity index (χ0v) is 6.98. The van der Waals surface area contributed by atoms with Crippen molar-refractivity contribution in [1.29, 1.82) is 0 Å². The molecule has 0 radical (unpaired) electrons. The molecule has 0 aliphatic carbocycles. The third-order valence-electron chi connectivity index (χ3n) is 1.55. The van der Waals surface area contributed by atoms with Gasteiger partial charge in [0, 0.05) is 6.92 Å². The van der Waals surface area contributed by atoms with Crippen LogP contribution in [0.2, 0.25) is 0 Å². The molecule has 0 fully saturated rings. The van der Waals surface area contributed by atoms with Gasteiger partial charge < -0.3 is 8.83 Å². The van der Waals surface area contributed by atoms with Gasteiger partial charge in [-0.15, -0.1) is 0 Å². The Hall–Kier alpha value is -1.84. The molecular weight excluding hydrogens is 170 g/mol. The van der Waals surface area contributed by atoms with Crippen molar-refractivity contribution in [3.8, 4) is 11.5 Å². The number of rotatable bonds is 1. The van der Waals surface area contributed by atoms with E-state index in [2.05, 4.69) is 4.98 Å². The first kappa shape index (κ1) is 7.79. The number of hydrogen-bond donors (Lipinski definition) is 0. The molecule has 2 heterocycles. The zero-order chi connectivity index (χ0) is 9.26. The lowest BCUT2D eigenvalue weighted by Crippen LogP contribution is -2.00. The summed E-state index contributed by atoms with van der Waals surface area (Å²) in [4.78, 5) is 15.0. The molecule has 0 saturated heterocycles. The molecule has 66 valence electrons. The fourth-order valence-electron chi connectivity index (χ4n) is 1.06. The number of aryl methyl sites for hydroxylation is 1. The highest BCUT2D eigenvalue weighted by Gasteiger charge is 2.04. The van der Waals surface area contributed by atoms with Gasteiger partial charge in [0.1, 0.15) is 5.69 Å². The van der Waals surface area contributed by atoms with Crippen molar-refractivity contribution >= 4 is 0 Å². The lowest BCUT2D eigenvalue weighted by molar-refractivity contribution is 0.455. The van der Waals surface area contributed by atoms with Crippen LogP contribution in [-0.2, 0) is 0 Å². The van der Waals surface area contributed by atoms with Gasteiger partial charge in [-0.1, -0.05) is 0 Å². The van der Waals surface area contributed by atoms with Crippen LogP contribution in [-0.4, -0.2) is 4.98 Å². The maximum Gasteiger partial charge on any atom is 0.339 e. The number of hydrogen-bond acceptors (Lipinski definition) is 4.